The van der Waals surface area contributed by atoms with Gasteiger partial charge < -0.3 is 14.6 Å². The van der Waals surface area contributed by atoms with Gasteiger partial charge in [-0.3, -0.25) is 0 Å². The van der Waals surface area contributed by atoms with Crippen LogP contribution in [0.4, 0.5) is 0 Å². The van der Waals surface area contributed by atoms with Gasteiger partial charge in [-0.25, -0.2) is 0 Å². The van der Waals surface area contributed by atoms with Crippen molar-refractivity contribution in [3.63, 3.8) is 0 Å². The summed E-state index contributed by atoms with van der Waals surface area (Å²) in [6.07, 6.45) is -1.38. The van der Waals surface area contributed by atoms with Crippen molar-refractivity contribution in [1.29, 1.82) is 0 Å². The normalized spacial score (nSPS) is 16.0. The maximum Gasteiger partial charge on any atom is 1.00 e. The molecular formula is C5H11NaO3. The Hall–Kier alpha value is 0.880. The fraction of sp³-hybridized carbons (Fsp3) is 1.00. The van der Waals surface area contributed by atoms with E-state index < -0.39 is 6.29 Å². The molecule has 0 aromatic rings. The number of rotatable bonds is 3. The first-order chi connectivity index (χ1) is 3.66. The van der Waals surface area contributed by atoms with Gasteiger partial charge in [0, 0.05) is 7.11 Å². The van der Waals surface area contributed by atoms with Crippen molar-refractivity contribution in [3.05, 3.63) is 0 Å². The van der Waals surface area contributed by atoms with E-state index in [1.54, 1.807) is 6.92 Å². The Morgan fingerprint density at radius 2 is 1.78 bits per heavy atom. The van der Waals surface area contributed by atoms with Gasteiger partial charge in [0.2, 0.25) is 0 Å². The molecule has 3 nitrogen and oxygen atoms in total. The van der Waals surface area contributed by atoms with Crippen LogP contribution in [0.5, 0.6) is 0 Å². The minimum absolute atomic E-state index is 0. The average Bonchev–Trinajstić information content (AvgIpc) is 1.65. The van der Waals surface area contributed by atoms with Crippen LogP contribution in [0.25, 0.3) is 0 Å². The first-order valence-electron chi connectivity index (χ1n) is 2.51. The van der Waals surface area contributed by atoms with Gasteiger partial charge in [0.25, 0.3) is 0 Å². The summed E-state index contributed by atoms with van der Waals surface area (Å²) < 4.78 is 9.26. The number of hydrogen-bond acceptors (Lipinski definition) is 3. The van der Waals surface area contributed by atoms with Gasteiger partial charge in [-0.05, 0) is 13.2 Å². The summed E-state index contributed by atoms with van der Waals surface area (Å²) in [5.41, 5.74) is 0. The third-order valence-electron chi connectivity index (χ3n) is 0.715. The molecule has 0 aromatic carbocycles. The SMILES string of the molecule is COC(C)OC(C)[O-].[Na+]. The number of ether oxygens (including phenoxy) is 2. The van der Waals surface area contributed by atoms with Crippen LogP contribution in [0.2, 0.25) is 0 Å². The van der Waals surface area contributed by atoms with E-state index in [1.165, 1.54) is 14.0 Å². The van der Waals surface area contributed by atoms with E-state index in [0.29, 0.717) is 0 Å². The zero-order valence-electron chi connectivity index (χ0n) is 6.38. The molecule has 0 bridgehead atoms. The van der Waals surface area contributed by atoms with Crippen molar-refractivity contribution in [1.82, 2.24) is 0 Å². The van der Waals surface area contributed by atoms with Crippen molar-refractivity contribution in [2.24, 2.45) is 0 Å². The molecule has 2 atom stereocenters. The van der Waals surface area contributed by atoms with Crippen LogP contribution < -0.4 is 34.7 Å². The summed E-state index contributed by atoms with van der Waals surface area (Å²) in [6.45, 7) is 3.10. The van der Waals surface area contributed by atoms with E-state index in [2.05, 4.69) is 9.47 Å². The van der Waals surface area contributed by atoms with Gasteiger partial charge in [0.05, 0.1) is 0 Å². The van der Waals surface area contributed by atoms with Gasteiger partial charge in [-0.15, -0.1) is 0 Å². The fourth-order valence-electron chi connectivity index (χ4n) is 0.325. The molecule has 4 heteroatoms. The summed E-state index contributed by atoms with van der Waals surface area (Å²) in [5.74, 6) is 0. The summed E-state index contributed by atoms with van der Waals surface area (Å²) in [6, 6.07) is 0. The van der Waals surface area contributed by atoms with E-state index in [9.17, 15) is 5.11 Å². The van der Waals surface area contributed by atoms with E-state index >= 15 is 0 Å². The second-order valence-corrected chi connectivity index (χ2v) is 1.51. The van der Waals surface area contributed by atoms with Crippen LogP contribution in [-0.4, -0.2) is 19.7 Å². The maximum atomic E-state index is 10.2. The molecular weight excluding hydrogens is 131 g/mol. The second-order valence-electron chi connectivity index (χ2n) is 1.51. The molecule has 9 heavy (non-hydrogen) atoms. The first-order valence-corrected chi connectivity index (χ1v) is 2.51. The molecule has 0 fully saturated rings. The van der Waals surface area contributed by atoms with Crippen LogP contribution in [0.15, 0.2) is 0 Å². The second kappa shape index (κ2) is 6.99. The molecule has 0 amide bonds. The van der Waals surface area contributed by atoms with Crippen LogP contribution in [0.1, 0.15) is 13.8 Å². The Morgan fingerprint density at radius 1 is 1.33 bits per heavy atom. The number of hydrogen-bond donors (Lipinski definition) is 0. The van der Waals surface area contributed by atoms with Crippen molar-refractivity contribution < 1.29 is 44.1 Å². The Kier molecular flexibility index (Phi) is 9.75. The third-order valence-corrected chi connectivity index (χ3v) is 0.715. The molecule has 0 aliphatic carbocycles. The zero-order valence-corrected chi connectivity index (χ0v) is 8.38. The predicted octanol–water partition coefficient (Wildman–Crippen LogP) is -3.29. The van der Waals surface area contributed by atoms with E-state index in [-0.39, 0.29) is 35.8 Å². The Bertz CT molecular complexity index is 58.2. The van der Waals surface area contributed by atoms with Gasteiger partial charge in [0.1, 0.15) is 0 Å². The largest absolute Gasteiger partial charge is 1.00 e. The number of methoxy groups -OCH3 is 1. The Balaban J connectivity index is 0. The molecule has 50 valence electrons. The smallest absolute Gasteiger partial charge is 0.831 e. The van der Waals surface area contributed by atoms with Crippen molar-refractivity contribution in [2.75, 3.05) is 7.11 Å². The van der Waals surface area contributed by atoms with Gasteiger partial charge in [-0.2, -0.15) is 0 Å². The first kappa shape index (κ1) is 12.5. The minimum Gasteiger partial charge on any atom is -0.831 e. The van der Waals surface area contributed by atoms with Crippen LogP contribution in [-0.2, 0) is 9.47 Å². The fourth-order valence-corrected chi connectivity index (χ4v) is 0.325. The van der Waals surface area contributed by atoms with Gasteiger partial charge in [0.15, 0.2) is 6.29 Å². The van der Waals surface area contributed by atoms with Crippen LogP contribution >= 0.6 is 0 Å². The Labute approximate surface area is 77.6 Å². The monoisotopic (exact) mass is 142 g/mol. The van der Waals surface area contributed by atoms with Crippen LogP contribution in [0.3, 0.4) is 0 Å². The summed E-state index contributed by atoms with van der Waals surface area (Å²) in [5, 5.41) is 10.2. The molecule has 0 aromatic heterocycles. The van der Waals surface area contributed by atoms with Crippen molar-refractivity contribution in [2.45, 2.75) is 26.4 Å². The summed E-state index contributed by atoms with van der Waals surface area (Å²) in [4.78, 5) is 0. The predicted molar refractivity (Wildman–Crippen MR) is 27.0 cm³/mol. The topological polar surface area (TPSA) is 41.5 Å². The molecule has 0 rings (SSSR count). The van der Waals surface area contributed by atoms with Crippen LogP contribution in [0, 0.1) is 0 Å². The quantitative estimate of drug-likeness (QED) is 0.306. The van der Waals surface area contributed by atoms with Gasteiger partial charge in [-0.1, -0.05) is 6.92 Å². The van der Waals surface area contributed by atoms with E-state index in [1.807, 2.05) is 0 Å². The van der Waals surface area contributed by atoms with E-state index in [4.69, 9.17) is 0 Å². The maximum absolute atomic E-state index is 10.2. The molecule has 0 aliphatic heterocycles. The minimum atomic E-state index is -0.995. The molecule has 2 unspecified atom stereocenters. The molecule has 0 N–H and O–H groups in total. The third kappa shape index (κ3) is 8.88. The average molecular weight is 142 g/mol. The van der Waals surface area contributed by atoms with Gasteiger partial charge >= 0.3 is 29.6 Å². The summed E-state index contributed by atoms with van der Waals surface area (Å²) >= 11 is 0. The van der Waals surface area contributed by atoms with E-state index in [0.717, 1.165) is 0 Å². The molecule has 0 saturated heterocycles. The zero-order chi connectivity index (χ0) is 6.57. The molecule has 0 aliphatic rings. The summed E-state index contributed by atoms with van der Waals surface area (Å²) in [7, 11) is 1.49. The van der Waals surface area contributed by atoms with Crippen molar-refractivity contribution >= 4 is 0 Å². The molecule has 0 spiro atoms. The standard InChI is InChI=1S/C5H11O3.Na/c1-4(6)8-5(2)7-3;/h4-5H,1-3H3;/q-1;+1. The Morgan fingerprint density at radius 3 is 1.89 bits per heavy atom. The molecule has 0 saturated carbocycles. The molecule has 0 radical (unpaired) electrons. The van der Waals surface area contributed by atoms with Crippen molar-refractivity contribution in [3.8, 4) is 0 Å². The molecule has 0 heterocycles.